The number of rotatable bonds is 3. The number of pyridine rings is 1. The van der Waals surface area contributed by atoms with Gasteiger partial charge in [0.25, 0.3) is 0 Å². The second-order valence-electron chi connectivity index (χ2n) is 5.07. The highest BCUT2D eigenvalue weighted by molar-refractivity contribution is 5.96. The monoisotopic (exact) mass is 258 g/mol. The largest absolute Gasteiger partial charge is 0.481 e. The molecule has 0 aromatic carbocycles. The summed E-state index contributed by atoms with van der Waals surface area (Å²) >= 11 is 0. The predicted molar refractivity (Wildman–Crippen MR) is 68.2 cm³/mol. The van der Waals surface area contributed by atoms with Gasteiger partial charge in [-0.3, -0.25) is 14.6 Å². The van der Waals surface area contributed by atoms with Crippen LogP contribution in [0, 0.1) is 23.7 Å². The number of fused-ring (bicyclic) bond motifs is 2. The molecule has 5 heteroatoms. The van der Waals surface area contributed by atoms with Crippen LogP contribution in [0.2, 0.25) is 0 Å². The molecule has 5 nitrogen and oxygen atoms in total. The molecule has 2 N–H and O–H groups in total. The van der Waals surface area contributed by atoms with Crippen molar-refractivity contribution in [3.63, 3.8) is 0 Å². The number of hydrogen-bond donors (Lipinski definition) is 2. The van der Waals surface area contributed by atoms with Crippen LogP contribution in [0.4, 0.5) is 5.69 Å². The maximum atomic E-state index is 12.3. The molecule has 0 aliphatic heterocycles. The van der Waals surface area contributed by atoms with Gasteiger partial charge in [-0.15, -0.1) is 0 Å². The first-order valence-corrected chi connectivity index (χ1v) is 6.29. The Morgan fingerprint density at radius 1 is 1.26 bits per heavy atom. The lowest BCUT2D eigenvalue weighted by atomic mass is 9.82. The average Bonchev–Trinajstić information content (AvgIpc) is 2.99. The first kappa shape index (κ1) is 11.9. The summed E-state index contributed by atoms with van der Waals surface area (Å²) in [7, 11) is 0. The van der Waals surface area contributed by atoms with Gasteiger partial charge in [0.2, 0.25) is 5.91 Å². The summed E-state index contributed by atoms with van der Waals surface area (Å²) < 4.78 is 0. The van der Waals surface area contributed by atoms with Crippen LogP contribution >= 0.6 is 0 Å². The molecular weight excluding hydrogens is 244 g/mol. The van der Waals surface area contributed by atoms with Crippen molar-refractivity contribution in [3.8, 4) is 0 Å². The minimum Gasteiger partial charge on any atom is -0.481 e. The second kappa shape index (κ2) is 4.50. The third-order valence-corrected chi connectivity index (χ3v) is 3.98. The SMILES string of the molecule is O=C(Nc1cccnc1)[C@@H]1[C@H](C(=O)O)[C@H]2C=C[C@H]1C2. The van der Waals surface area contributed by atoms with E-state index in [0.717, 1.165) is 6.42 Å². The van der Waals surface area contributed by atoms with Crippen LogP contribution in [-0.4, -0.2) is 22.0 Å². The highest BCUT2D eigenvalue weighted by Gasteiger charge is 2.51. The van der Waals surface area contributed by atoms with Crippen molar-refractivity contribution in [2.24, 2.45) is 23.7 Å². The lowest BCUT2D eigenvalue weighted by Gasteiger charge is -2.23. The quantitative estimate of drug-likeness (QED) is 0.806. The van der Waals surface area contributed by atoms with Gasteiger partial charge in [0.1, 0.15) is 0 Å². The molecule has 2 aliphatic rings. The van der Waals surface area contributed by atoms with Crippen molar-refractivity contribution < 1.29 is 14.7 Å². The number of aliphatic carboxylic acids is 1. The number of amides is 1. The summed E-state index contributed by atoms with van der Waals surface area (Å²) in [5, 5.41) is 12.0. The molecule has 0 spiro atoms. The van der Waals surface area contributed by atoms with Crippen LogP contribution in [0.25, 0.3) is 0 Å². The van der Waals surface area contributed by atoms with Gasteiger partial charge in [-0.2, -0.15) is 0 Å². The number of nitrogens with zero attached hydrogens (tertiary/aromatic N) is 1. The van der Waals surface area contributed by atoms with E-state index in [1.165, 1.54) is 0 Å². The van der Waals surface area contributed by atoms with Crippen LogP contribution in [-0.2, 0) is 9.59 Å². The lowest BCUT2D eigenvalue weighted by Crippen LogP contribution is -2.36. The van der Waals surface area contributed by atoms with E-state index < -0.39 is 17.8 Å². The van der Waals surface area contributed by atoms with E-state index in [0.29, 0.717) is 5.69 Å². The molecule has 1 aromatic rings. The minimum absolute atomic E-state index is 0.00727. The van der Waals surface area contributed by atoms with Crippen molar-refractivity contribution in [2.75, 3.05) is 5.32 Å². The van der Waals surface area contributed by atoms with Gasteiger partial charge in [-0.25, -0.2) is 0 Å². The second-order valence-corrected chi connectivity index (χ2v) is 5.07. The van der Waals surface area contributed by atoms with Gasteiger partial charge < -0.3 is 10.4 Å². The molecule has 1 aromatic heterocycles. The fourth-order valence-corrected chi connectivity index (χ4v) is 3.18. The molecule has 1 saturated carbocycles. The average molecular weight is 258 g/mol. The maximum absolute atomic E-state index is 12.3. The molecule has 2 bridgehead atoms. The van der Waals surface area contributed by atoms with Crippen LogP contribution in [0.15, 0.2) is 36.7 Å². The maximum Gasteiger partial charge on any atom is 0.307 e. The van der Waals surface area contributed by atoms with Crippen LogP contribution in [0.3, 0.4) is 0 Å². The van der Waals surface area contributed by atoms with E-state index >= 15 is 0 Å². The molecule has 19 heavy (non-hydrogen) atoms. The summed E-state index contributed by atoms with van der Waals surface area (Å²) in [6, 6.07) is 3.47. The molecule has 0 unspecified atom stereocenters. The van der Waals surface area contributed by atoms with Gasteiger partial charge in [0.15, 0.2) is 0 Å². The van der Waals surface area contributed by atoms with E-state index in [1.807, 2.05) is 12.2 Å². The number of nitrogens with one attached hydrogen (secondary N) is 1. The number of carbonyl (C=O) groups is 2. The Hall–Kier alpha value is -2.17. The molecule has 0 saturated heterocycles. The van der Waals surface area contributed by atoms with Crippen molar-refractivity contribution in [1.82, 2.24) is 4.98 Å². The van der Waals surface area contributed by atoms with E-state index in [1.54, 1.807) is 24.5 Å². The zero-order valence-corrected chi connectivity index (χ0v) is 10.2. The van der Waals surface area contributed by atoms with Crippen molar-refractivity contribution in [3.05, 3.63) is 36.7 Å². The summed E-state index contributed by atoms with van der Waals surface area (Å²) in [5.74, 6) is -2.16. The van der Waals surface area contributed by atoms with E-state index in [2.05, 4.69) is 10.3 Å². The van der Waals surface area contributed by atoms with Gasteiger partial charge in [-0.1, -0.05) is 12.2 Å². The summed E-state index contributed by atoms with van der Waals surface area (Å²) in [6.07, 6.45) is 7.84. The lowest BCUT2D eigenvalue weighted by molar-refractivity contribution is -0.146. The van der Waals surface area contributed by atoms with E-state index in [9.17, 15) is 14.7 Å². The number of allylic oxidation sites excluding steroid dienone is 2. The van der Waals surface area contributed by atoms with Gasteiger partial charge in [-0.05, 0) is 30.4 Å². The number of carbonyl (C=O) groups excluding carboxylic acids is 1. The van der Waals surface area contributed by atoms with Crippen molar-refractivity contribution in [2.45, 2.75) is 6.42 Å². The highest BCUT2D eigenvalue weighted by atomic mass is 16.4. The molecule has 1 amide bonds. The third-order valence-electron chi connectivity index (χ3n) is 3.98. The first-order valence-electron chi connectivity index (χ1n) is 6.29. The van der Waals surface area contributed by atoms with Gasteiger partial charge >= 0.3 is 5.97 Å². The molecule has 1 fully saturated rings. The Kier molecular flexibility index (Phi) is 2.81. The highest BCUT2D eigenvalue weighted by Crippen LogP contribution is 2.48. The van der Waals surface area contributed by atoms with E-state index in [-0.39, 0.29) is 17.7 Å². The molecule has 2 aliphatic carbocycles. The fraction of sp³-hybridized carbons (Fsp3) is 0.357. The Bertz CT molecular complexity index is 541. The fourth-order valence-electron chi connectivity index (χ4n) is 3.18. The topological polar surface area (TPSA) is 79.3 Å². The third kappa shape index (κ3) is 2.01. The Morgan fingerprint density at radius 3 is 2.63 bits per heavy atom. The predicted octanol–water partition coefficient (Wildman–Crippen LogP) is 1.54. The first-order chi connectivity index (χ1) is 9.16. The Balaban J connectivity index is 1.79. The van der Waals surface area contributed by atoms with Crippen molar-refractivity contribution >= 4 is 17.6 Å². The van der Waals surface area contributed by atoms with E-state index in [4.69, 9.17) is 0 Å². The molecule has 1 heterocycles. The molecular formula is C14H14N2O3. The number of carboxylic acid groups (broad SMARTS) is 1. The Morgan fingerprint density at radius 2 is 2.00 bits per heavy atom. The molecule has 3 rings (SSSR count). The van der Waals surface area contributed by atoms with Crippen molar-refractivity contribution in [1.29, 1.82) is 0 Å². The zero-order valence-electron chi connectivity index (χ0n) is 10.2. The molecule has 4 atom stereocenters. The number of hydrogen-bond acceptors (Lipinski definition) is 3. The van der Waals surface area contributed by atoms with Crippen LogP contribution in [0.1, 0.15) is 6.42 Å². The standard InChI is InChI=1S/C14H14N2O3/c17-13(16-10-2-1-5-15-7-10)11-8-3-4-9(6-8)12(11)14(18)19/h1-5,7-9,11-12H,6H2,(H,16,17)(H,18,19)/t8-,9-,11-,12+/m0/s1. The van der Waals surface area contributed by atoms with Crippen LogP contribution in [0.5, 0.6) is 0 Å². The summed E-state index contributed by atoms with van der Waals surface area (Å²) in [5.41, 5.74) is 0.600. The smallest absolute Gasteiger partial charge is 0.307 e. The molecule has 98 valence electrons. The van der Waals surface area contributed by atoms with Gasteiger partial charge in [0.05, 0.1) is 23.7 Å². The molecule has 0 radical (unpaired) electrons. The number of anilines is 1. The minimum atomic E-state index is -0.886. The number of aromatic nitrogens is 1. The Labute approximate surface area is 110 Å². The number of carboxylic acids is 1. The normalized spacial score (nSPS) is 31.4. The summed E-state index contributed by atoms with van der Waals surface area (Å²) in [6.45, 7) is 0. The van der Waals surface area contributed by atoms with Crippen LogP contribution < -0.4 is 5.32 Å². The zero-order chi connectivity index (χ0) is 13.4. The van der Waals surface area contributed by atoms with Gasteiger partial charge in [0, 0.05) is 6.20 Å². The summed E-state index contributed by atoms with van der Waals surface area (Å²) in [4.78, 5) is 27.5.